The van der Waals surface area contributed by atoms with Crippen molar-refractivity contribution in [2.45, 2.75) is 30.4 Å². The first kappa shape index (κ1) is 14.5. The van der Waals surface area contributed by atoms with Crippen LogP contribution in [0.2, 0.25) is 0 Å². The fourth-order valence-electron chi connectivity index (χ4n) is 3.83. The molecule has 1 fully saturated rings. The largest absolute Gasteiger partial charge is 0.388 e. The summed E-state index contributed by atoms with van der Waals surface area (Å²) in [5.41, 5.74) is 6.99. The molecule has 4 aromatic heterocycles. The SMILES string of the molecule is C[C@]1(O)C[C@@H](c2ccc3ncnn3c2)C1(N)c1ncc2cc[nH]c2n1. The molecule has 1 aliphatic rings. The fraction of sp³-hybridized carbons (Fsp3) is 0.294. The Balaban J connectivity index is 1.64. The van der Waals surface area contributed by atoms with Gasteiger partial charge >= 0.3 is 0 Å². The fourth-order valence-corrected chi connectivity index (χ4v) is 3.83. The molecule has 25 heavy (non-hydrogen) atoms. The van der Waals surface area contributed by atoms with E-state index < -0.39 is 11.1 Å². The number of hydrogen-bond donors (Lipinski definition) is 3. The molecule has 3 atom stereocenters. The van der Waals surface area contributed by atoms with Crippen molar-refractivity contribution in [3.63, 3.8) is 0 Å². The second-order valence-electron chi connectivity index (χ2n) is 6.90. The molecule has 0 saturated heterocycles. The van der Waals surface area contributed by atoms with Gasteiger partial charge in [-0.15, -0.1) is 0 Å². The summed E-state index contributed by atoms with van der Waals surface area (Å²) in [6.45, 7) is 1.74. The molecule has 0 spiro atoms. The van der Waals surface area contributed by atoms with Gasteiger partial charge < -0.3 is 15.8 Å². The summed E-state index contributed by atoms with van der Waals surface area (Å²) in [6.07, 6.45) is 7.47. The second-order valence-corrected chi connectivity index (χ2v) is 6.90. The molecule has 8 nitrogen and oxygen atoms in total. The molecule has 0 aromatic carbocycles. The summed E-state index contributed by atoms with van der Waals surface area (Å²) in [5, 5.41) is 15.9. The van der Waals surface area contributed by atoms with Crippen LogP contribution in [-0.4, -0.2) is 40.3 Å². The topological polar surface area (TPSA) is 118 Å². The smallest absolute Gasteiger partial charge is 0.155 e. The van der Waals surface area contributed by atoms with Gasteiger partial charge in [-0.25, -0.2) is 19.5 Å². The third-order valence-electron chi connectivity index (χ3n) is 5.41. The van der Waals surface area contributed by atoms with Gasteiger partial charge in [-0.2, -0.15) is 5.10 Å². The monoisotopic (exact) mass is 335 g/mol. The van der Waals surface area contributed by atoms with Gasteiger partial charge in [0, 0.05) is 29.9 Å². The highest BCUT2D eigenvalue weighted by Crippen LogP contribution is 2.56. The van der Waals surface area contributed by atoms with Crippen molar-refractivity contribution >= 4 is 16.7 Å². The number of nitrogens with one attached hydrogen (secondary N) is 1. The highest BCUT2D eigenvalue weighted by molar-refractivity contribution is 5.74. The molecule has 0 amide bonds. The zero-order chi connectivity index (χ0) is 17.2. The number of hydrogen-bond acceptors (Lipinski definition) is 6. The van der Waals surface area contributed by atoms with Crippen molar-refractivity contribution in [3.8, 4) is 0 Å². The summed E-state index contributed by atoms with van der Waals surface area (Å²) < 4.78 is 1.71. The Labute approximate surface area is 142 Å². The lowest BCUT2D eigenvalue weighted by molar-refractivity contribution is -0.124. The van der Waals surface area contributed by atoms with Crippen LogP contribution in [-0.2, 0) is 5.54 Å². The molecule has 1 saturated carbocycles. The van der Waals surface area contributed by atoms with Crippen molar-refractivity contribution in [1.29, 1.82) is 0 Å². The van der Waals surface area contributed by atoms with E-state index in [0.717, 1.165) is 16.6 Å². The number of fused-ring (bicyclic) bond motifs is 2. The van der Waals surface area contributed by atoms with Gasteiger partial charge in [-0.1, -0.05) is 6.07 Å². The van der Waals surface area contributed by atoms with Crippen LogP contribution in [0.5, 0.6) is 0 Å². The van der Waals surface area contributed by atoms with Crippen molar-refractivity contribution in [2.24, 2.45) is 5.73 Å². The molecule has 0 aliphatic heterocycles. The molecule has 1 aliphatic carbocycles. The Kier molecular flexibility index (Phi) is 2.68. The summed E-state index contributed by atoms with van der Waals surface area (Å²) >= 11 is 0. The van der Waals surface area contributed by atoms with Gasteiger partial charge in [0.25, 0.3) is 0 Å². The summed E-state index contributed by atoms with van der Waals surface area (Å²) in [6, 6.07) is 5.76. The van der Waals surface area contributed by atoms with Crippen LogP contribution in [0.1, 0.15) is 30.7 Å². The van der Waals surface area contributed by atoms with E-state index in [-0.39, 0.29) is 5.92 Å². The number of nitrogens with two attached hydrogens (primary N) is 1. The first-order valence-corrected chi connectivity index (χ1v) is 8.10. The highest BCUT2D eigenvalue weighted by atomic mass is 16.3. The first-order valence-electron chi connectivity index (χ1n) is 8.10. The quantitative estimate of drug-likeness (QED) is 0.505. The van der Waals surface area contributed by atoms with Crippen LogP contribution in [0, 0.1) is 0 Å². The average molecular weight is 335 g/mol. The maximum absolute atomic E-state index is 10.9. The van der Waals surface area contributed by atoms with Gasteiger partial charge in [0.05, 0.1) is 5.60 Å². The Morgan fingerprint density at radius 3 is 3.04 bits per heavy atom. The number of aromatic amines is 1. The normalized spacial score (nSPS) is 29.2. The lowest BCUT2D eigenvalue weighted by Crippen LogP contribution is -2.69. The first-order chi connectivity index (χ1) is 12.0. The van der Waals surface area contributed by atoms with Crippen molar-refractivity contribution in [1.82, 2.24) is 29.5 Å². The lowest BCUT2D eigenvalue weighted by atomic mass is 9.54. The Morgan fingerprint density at radius 1 is 1.32 bits per heavy atom. The summed E-state index contributed by atoms with van der Waals surface area (Å²) in [4.78, 5) is 16.2. The van der Waals surface area contributed by atoms with E-state index in [0.29, 0.717) is 17.9 Å². The minimum Gasteiger partial charge on any atom is -0.388 e. The molecule has 4 N–H and O–H groups in total. The van der Waals surface area contributed by atoms with Crippen LogP contribution in [0.15, 0.2) is 43.1 Å². The molecule has 0 radical (unpaired) electrons. The average Bonchev–Trinajstić information content (AvgIpc) is 3.26. The van der Waals surface area contributed by atoms with Gasteiger partial charge in [-0.05, 0) is 31.0 Å². The predicted molar refractivity (Wildman–Crippen MR) is 90.7 cm³/mol. The zero-order valence-electron chi connectivity index (χ0n) is 13.6. The zero-order valence-corrected chi connectivity index (χ0v) is 13.6. The van der Waals surface area contributed by atoms with Gasteiger partial charge in [0.1, 0.15) is 17.5 Å². The molecule has 126 valence electrons. The van der Waals surface area contributed by atoms with Crippen molar-refractivity contribution in [3.05, 3.63) is 54.5 Å². The van der Waals surface area contributed by atoms with Crippen LogP contribution in [0.4, 0.5) is 0 Å². The number of nitrogens with zero attached hydrogens (tertiary/aromatic N) is 5. The predicted octanol–water partition coefficient (Wildman–Crippen LogP) is 1.09. The second kappa shape index (κ2) is 4.62. The van der Waals surface area contributed by atoms with Crippen LogP contribution in [0.25, 0.3) is 16.7 Å². The van der Waals surface area contributed by atoms with Crippen molar-refractivity contribution < 1.29 is 5.11 Å². The Bertz CT molecular complexity index is 1100. The van der Waals surface area contributed by atoms with Gasteiger partial charge in [0.15, 0.2) is 11.5 Å². The van der Waals surface area contributed by atoms with E-state index in [1.807, 2.05) is 24.4 Å². The van der Waals surface area contributed by atoms with E-state index in [9.17, 15) is 5.11 Å². The van der Waals surface area contributed by atoms with E-state index in [2.05, 4.69) is 25.0 Å². The molecule has 4 heterocycles. The lowest BCUT2D eigenvalue weighted by Gasteiger charge is -2.57. The highest BCUT2D eigenvalue weighted by Gasteiger charge is 2.63. The molecular weight excluding hydrogens is 318 g/mol. The van der Waals surface area contributed by atoms with E-state index in [4.69, 9.17) is 5.73 Å². The molecule has 8 heteroatoms. The summed E-state index contributed by atoms with van der Waals surface area (Å²) in [7, 11) is 0. The number of pyridine rings is 1. The molecule has 0 bridgehead atoms. The standard InChI is InChI=1S/C17H17N7O/c1-16(25)6-12(11-2-3-13-21-9-22-24(13)8-11)17(16,18)15-20-7-10-4-5-19-14(10)23-15/h2-5,7-9,12,25H,6,18H2,1H3,(H,19,20,23)/t12-,16-,17?/m0/s1. The van der Waals surface area contributed by atoms with Crippen molar-refractivity contribution in [2.75, 3.05) is 0 Å². The third kappa shape index (κ3) is 1.83. The van der Waals surface area contributed by atoms with Gasteiger partial charge in [0.2, 0.25) is 0 Å². The molecular formula is C17H17N7O. The Hall–Kier alpha value is -2.84. The van der Waals surface area contributed by atoms with E-state index >= 15 is 0 Å². The number of aliphatic hydroxyl groups is 1. The molecule has 5 rings (SSSR count). The minimum absolute atomic E-state index is 0.122. The Morgan fingerprint density at radius 2 is 2.20 bits per heavy atom. The third-order valence-corrected chi connectivity index (χ3v) is 5.41. The van der Waals surface area contributed by atoms with Crippen LogP contribution >= 0.6 is 0 Å². The van der Waals surface area contributed by atoms with Crippen LogP contribution in [0.3, 0.4) is 0 Å². The maximum atomic E-state index is 10.9. The summed E-state index contributed by atoms with van der Waals surface area (Å²) in [5.74, 6) is 0.311. The maximum Gasteiger partial charge on any atom is 0.155 e. The van der Waals surface area contributed by atoms with E-state index in [1.165, 1.54) is 6.33 Å². The molecule has 4 aromatic rings. The molecule has 1 unspecified atom stereocenters. The number of aromatic nitrogens is 6. The number of rotatable bonds is 2. The number of H-pyrrole nitrogens is 1. The van der Waals surface area contributed by atoms with Crippen LogP contribution < -0.4 is 5.73 Å². The van der Waals surface area contributed by atoms with Gasteiger partial charge in [-0.3, -0.25) is 0 Å². The minimum atomic E-state index is -1.10. The van der Waals surface area contributed by atoms with E-state index in [1.54, 1.807) is 23.8 Å².